The van der Waals surface area contributed by atoms with Gasteiger partial charge in [-0.15, -0.1) is 11.8 Å². The second kappa shape index (κ2) is 11.1. The SMILES string of the molecule is O=C(Nc1ccc(I)cc1)C(Sc1ccc(NS(=O)(=O)c2ccccc2)cc1)c1ccccc1. The Bertz CT molecular complexity index is 1350. The number of hydrogen-bond acceptors (Lipinski definition) is 4. The van der Waals surface area contributed by atoms with E-state index in [4.69, 9.17) is 0 Å². The van der Waals surface area contributed by atoms with Crippen LogP contribution in [0.15, 0.2) is 119 Å². The molecule has 4 aromatic carbocycles. The van der Waals surface area contributed by atoms with Gasteiger partial charge in [0, 0.05) is 19.8 Å². The normalized spacial score (nSPS) is 12.0. The monoisotopic (exact) mass is 600 g/mol. The lowest BCUT2D eigenvalue weighted by atomic mass is 10.1. The first-order valence-corrected chi connectivity index (χ1v) is 13.8. The molecule has 1 amide bonds. The van der Waals surface area contributed by atoms with Gasteiger partial charge >= 0.3 is 0 Å². The van der Waals surface area contributed by atoms with Gasteiger partial charge in [0.1, 0.15) is 5.25 Å². The average Bonchev–Trinajstić information content (AvgIpc) is 2.86. The number of thioether (sulfide) groups is 1. The molecule has 1 atom stereocenters. The van der Waals surface area contributed by atoms with Crippen molar-refractivity contribution in [3.8, 4) is 0 Å². The highest BCUT2D eigenvalue weighted by Crippen LogP contribution is 2.37. The van der Waals surface area contributed by atoms with Crippen LogP contribution < -0.4 is 10.0 Å². The zero-order valence-corrected chi connectivity index (χ0v) is 21.7. The van der Waals surface area contributed by atoms with Crippen molar-refractivity contribution in [2.45, 2.75) is 15.0 Å². The molecule has 0 radical (unpaired) electrons. The zero-order valence-electron chi connectivity index (χ0n) is 17.9. The maximum absolute atomic E-state index is 13.2. The number of nitrogens with one attached hydrogen (secondary N) is 2. The molecule has 0 spiro atoms. The molecule has 0 aliphatic rings. The van der Waals surface area contributed by atoms with E-state index in [1.807, 2.05) is 66.7 Å². The van der Waals surface area contributed by atoms with Gasteiger partial charge in [-0.3, -0.25) is 9.52 Å². The van der Waals surface area contributed by atoms with Crippen molar-refractivity contribution in [2.75, 3.05) is 10.0 Å². The van der Waals surface area contributed by atoms with Crippen molar-refractivity contribution in [2.24, 2.45) is 0 Å². The Morgan fingerprint density at radius 2 is 1.29 bits per heavy atom. The Labute approximate surface area is 217 Å². The Hall–Kier alpha value is -2.82. The number of anilines is 2. The maximum Gasteiger partial charge on any atom is 0.261 e. The third-order valence-electron chi connectivity index (χ3n) is 4.87. The van der Waals surface area contributed by atoms with Gasteiger partial charge < -0.3 is 5.32 Å². The summed E-state index contributed by atoms with van der Waals surface area (Å²) in [5, 5.41) is 2.51. The molecule has 2 N–H and O–H groups in total. The van der Waals surface area contributed by atoms with Crippen molar-refractivity contribution < 1.29 is 13.2 Å². The minimum Gasteiger partial charge on any atom is -0.325 e. The second-order valence-electron chi connectivity index (χ2n) is 7.35. The minimum absolute atomic E-state index is 0.133. The summed E-state index contributed by atoms with van der Waals surface area (Å²) in [4.78, 5) is 14.2. The number of benzene rings is 4. The van der Waals surface area contributed by atoms with Crippen LogP contribution in [0.2, 0.25) is 0 Å². The summed E-state index contributed by atoms with van der Waals surface area (Å²) in [6.45, 7) is 0. The lowest BCUT2D eigenvalue weighted by molar-refractivity contribution is -0.115. The molecule has 0 saturated carbocycles. The molecule has 0 aliphatic carbocycles. The molecule has 34 heavy (non-hydrogen) atoms. The van der Waals surface area contributed by atoms with Gasteiger partial charge in [-0.1, -0.05) is 48.5 Å². The lowest BCUT2D eigenvalue weighted by Crippen LogP contribution is -2.19. The van der Waals surface area contributed by atoms with Gasteiger partial charge in [0.15, 0.2) is 0 Å². The molecule has 172 valence electrons. The summed E-state index contributed by atoms with van der Waals surface area (Å²) in [6.07, 6.45) is 0. The molecule has 1 unspecified atom stereocenters. The Balaban J connectivity index is 1.51. The van der Waals surface area contributed by atoms with Crippen LogP contribution in [0.5, 0.6) is 0 Å². The number of sulfonamides is 1. The molecule has 0 fully saturated rings. The molecule has 5 nitrogen and oxygen atoms in total. The van der Waals surface area contributed by atoms with Gasteiger partial charge in [-0.05, 0) is 88.8 Å². The predicted octanol–water partition coefficient (Wildman–Crippen LogP) is 6.56. The van der Waals surface area contributed by atoms with E-state index in [0.717, 1.165) is 19.7 Å². The summed E-state index contributed by atoms with van der Waals surface area (Å²) in [5.74, 6) is -0.133. The highest BCUT2D eigenvalue weighted by atomic mass is 127. The summed E-state index contributed by atoms with van der Waals surface area (Å²) < 4.78 is 28.8. The highest BCUT2D eigenvalue weighted by Gasteiger charge is 2.22. The van der Waals surface area contributed by atoms with E-state index in [1.165, 1.54) is 11.8 Å². The van der Waals surface area contributed by atoms with E-state index in [2.05, 4.69) is 32.6 Å². The van der Waals surface area contributed by atoms with Gasteiger partial charge in [0.2, 0.25) is 5.91 Å². The molecule has 0 heterocycles. The fourth-order valence-corrected chi connectivity index (χ4v) is 5.66. The van der Waals surface area contributed by atoms with Crippen LogP contribution in [0.3, 0.4) is 0 Å². The van der Waals surface area contributed by atoms with Crippen LogP contribution in [-0.4, -0.2) is 14.3 Å². The van der Waals surface area contributed by atoms with Crippen molar-refractivity contribution in [3.63, 3.8) is 0 Å². The fourth-order valence-electron chi connectivity index (χ4n) is 3.19. The van der Waals surface area contributed by atoms with E-state index in [9.17, 15) is 13.2 Å². The predicted molar refractivity (Wildman–Crippen MR) is 147 cm³/mol. The van der Waals surface area contributed by atoms with Gasteiger partial charge in [0.05, 0.1) is 4.90 Å². The fraction of sp³-hybridized carbons (Fsp3) is 0.0385. The first kappa shape index (κ1) is 24.3. The first-order valence-electron chi connectivity index (χ1n) is 10.4. The quantitative estimate of drug-likeness (QED) is 0.177. The van der Waals surface area contributed by atoms with Gasteiger partial charge in [-0.2, -0.15) is 0 Å². The van der Waals surface area contributed by atoms with Crippen LogP contribution in [0, 0.1) is 3.57 Å². The van der Waals surface area contributed by atoms with E-state index < -0.39 is 15.3 Å². The van der Waals surface area contributed by atoms with E-state index in [-0.39, 0.29) is 10.8 Å². The third kappa shape index (κ3) is 6.40. The van der Waals surface area contributed by atoms with E-state index in [0.29, 0.717) is 5.69 Å². The van der Waals surface area contributed by atoms with Crippen LogP contribution in [0.25, 0.3) is 0 Å². The minimum atomic E-state index is -3.66. The largest absolute Gasteiger partial charge is 0.325 e. The molecular formula is C26H21IN2O3S2. The lowest BCUT2D eigenvalue weighted by Gasteiger charge is -2.17. The van der Waals surface area contributed by atoms with Gasteiger partial charge in [-0.25, -0.2) is 8.42 Å². The Morgan fingerprint density at radius 1 is 0.735 bits per heavy atom. The standard InChI is InChI=1S/C26H21IN2O3S2/c27-20-11-13-21(14-12-20)28-26(30)25(19-7-3-1-4-8-19)33-23-17-15-22(16-18-23)29-34(31,32)24-9-5-2-6-10-24/h1-18,25,29H,(H,28,30). The van der Waals surface area contributed by atoms with Crippen LogP contribution in [0.4, 0.5) is 11.4 Å². The van der Waals surface area contributed by atoms with Gasteiger partial charge in [0.25, 0.3) is 10.0 Å². The molecule has 0 bridgehead atoms. The maximum atomic E-state index is 13.2. The molecular weight excluding hydrogens is 579 g/mol. The number of carbonyl (C=O) groups is 1. The number of hydrogen-bond donors (Lipinski definition) is 2. The van der Waals surface area contributed by atoms with Crippen LogP contribution in [-0.2, 0) is 14.8 Å². The first-order chi connectivity index (χ1) is 16.4. The molecule has 0 saturated heterocycles. The second-order valence-corrected chi connectivity index (χ2v) is 11.5. The average molecular weight is 601 g/mol. The summed E-state index contributed by atoms with van der Waals surface area (Å²) in [7, 11) is -3.66. The number of halogens is 1. The van der Waals surface area contributed by atoms with Crippen molar-refractivity contribution in [3.05, 3.63) is 118 Å². The van der Waals surface area contributed by atoms with Crippen LogP contribution >= 0.6 is 34.4 Å². The van der Waals surface area contributed by atoms with Crippen LogP contribution in [0.1, 0.15) is 10.8 Å². The van der Waals surface area contributed by atoms with Crippen molar-refractivity contribution in [1.29, 1.82) is 0 Å². The molecule has 4 aromatic rings. The highest BCUT2D eigenvalue weighted by molar-refractivity contribution is 14.1. The zero-order chi connectivity index (χ0) is 24.0. The molecule has 8 heteroatoms. The number of rotatable bonds is 8. The Kier molecular flexibility index (Phi) is 7.91. The van der Waals surface area contributed by atoms with E-state index >= 15 is 0 Å². The molecule has 0 aromatic heterocycles. The third-order valence-corrected chi connectivity index (χ3v) is 8.25. The van der Waals surface area contributed by atoms with E-state index in [1.54, 1.807) is 42.5 Å². The Morgan fingerprint density at radius 3 is 1.91 bits per heavy atom. The van der Waals surface area contributed by atoms with Crippen molar-refractivity contribution in [1.82, 2.24) is 0 Å². The van der Waals surface area contributed by atoms with Crippen molar-refractivity contribution >= 4 is 61.7 Å². The molecule has 4 rings (SSSR count). The topological polar surface area (TPSA) is 75.3 Å². The number of amides is 1. The summed E-state index contributed by atoms with van der Waals surface area (Å²) >= 11 is 3.63. The number of carbonyl (C=O) groups excluding carboxylic acids is 1. The smallest absolute Gasteiger partial charge is 0.261 e. The summed E-state index contributed by atoms with van der Waals surface area (Å²) in [6, 6.07) is 32.4. The molecule has 0 aliphatic heterocycles. The summed E-state index contributed by atoms with van der Waals surface area (Å²) in [5.41, 5.74) is 2.06.